The predicted molar refractivity (Wildman–Crippen MR) is 346 cm³/mol. The summed E-state index contributed by atoms with van der Waals surface area (Å²) >= 11 is 0. The number of hydrogen-bond donors (Lipinski definition) is 0. The van der Waals surface area contributed by atoms with Gasteiger partial charge in [-0.15, -0.1) is 0 Å². The van der Waals surface area contributed by atoms with Crippen molar-refractivity contribution in [3.63, 3.8) is 0 Å². The number of hydrogen-bond acceptors (Lipinski definition) is 2. The summed E-state index contributed by atoms with van der Waals surface area (Å²) in [6, 6.07) is 87.1. The highest BCUT2D eigenvalue weighted by molar-refractivity contribution is 6.30. The normalized spacial score (nSPS) is 12.7. The largest absolute Gasteiger partial charge is 0.494 e. The van der Waals surface area contributed by atoms with E-state index in [0.29, 0.717) is 13.2 Å². The molecule has 0 atom stereocenters. The van der Waals surface area contributed by atoms with Gasteiger partial charge in [-0.05, 0) is 205 Å². The first-order valence-corrected chi connectivity index (χ1v) is 29.6. The summed E-state index contributed by atoms with van der Waals surface area (Å²) in [7, 11) is 0. The van der Waals surface area contributed by atoms with Crippen LogP contribution in [0.2, 0.25) is 0 Å². The Kier molecular flexibility index (Phi) is 13.0. The topological polar surface area (TPSA) is 18.5 Å². The van der Waals surface area contributed by atoms with E-state index in [4.69, 9.17) is 9.47 Å². The van der Waals surface area contributed by atoms with Gasteiger partial charge in [0.05, 0.1) is 13.2 Å². The van der Waals surface area contributed by atoms with Crippen LogP contribution in [0.4, 0.5) is 0 Å². The highest BCUT2D eigenvalue weighted by Crippen LogP contribution is 2.58. The molecular formula is C79H66O2. The summed E-state index contributed by atoms with van der Waals surface area (Å²) < 4.78 is 12.1. The first-order valence-electron chi connectivity index (χ1n) is 29.6. The van der Waals surface area contributed by atoms with Gasteiger partial charge in [0.15, 0.2) is 0 Å². The number of fused-ring (bicyclic) bond motifs is 9. The molecular weight excluding hydrogens is 981 g/mol. The van der Waals surface area contributed by atoms with E-state index in [1.54, 1.807) is 0 Å². The second-order valence-electron chi connectivity index (χ2n) is 22.4. The van der Waals surface area contributed by atoms with Crippen LogP contribution in [0.25, 0.3) is 131 Å². The van der Waals surface area contributed by atoms with Gasteiger partial charge in [-0.25, -0.2) is 0 Å². The van der Waals surface area contributed by atoms with Crippen LogP contribution >= 0.6 is 0 Å². The molecule has 0 saturated heterocycles. The van der Waals surface area contributed by atoms with Crippen molar-refractivity contribution in [3.05, 3.63) is 242 Å². The average molecular weight is 1050 g/mol. The maximum absolute atomic E-state index is 6.05. The molecule has 0 radical (unpaired) electrons. The van der Waals surface area contributed by atoms with Crippen molar-refractivity contribution in [2.75, 3.05) is 13.2 Å². The lowest BCUT2D eigenvalue weighted by molar-refractivity contribution is 0.317. The van der Waals surface area contributed by atoms with E-state index in [1.165, 1.54) is 143 Å². The molecule has 1 aliphatic carbocycles. The van der Waals surface area contributed by atoms with Gasteiger partial charge in [0.25, 0.3) is 0 Å². The Morgan fingerprint density at radius 2 is 0.506 bits per heavy atom. The van der Waals surface area contributed by atoms with Crippen LogP contribution in [0.1, 0.15) is 77.3 Å². The Hall–Kier alpha value is -8.98. The minimum atomic E-state index is -0.165. The third kappa shape index (κ3) is 8.21. The minimum Gasteiger partial charge on any atom is -0.494 e. The Labute approximate surface area is 476 Å². The molecule has 2 heteroatoms. The van der Waals surface area contributed by atoms with Gasteiger partial charge < -0.3 is 9.47 Å². The van der Waals surface area contributed by atoms with Gasteiger partial charge in [-0.3, -0.25) is 0 Å². The molecule has 0 aromatic heterocycles. The Bertz CT molecular complexity index is 4390. The molecule has 0 aliphatic heterocycles. The molecule has 1 aliphatic rings. The summed E-state index contributed by atoms with van der Waals surface area (Å²) in [5, 5.41) is 15.1. The zero-order valence-electron chi connectivity index (χ0n) is 46.9. The fourth-order valence-corrected chi connectivity index (χ4v) is 14.4. The highest BCUT2D eigenvalue weighted by atomic mass is 16.5. The first kappa shape index (κ1) is 50.3. The average Bonchev–Trinajstić information content (AvgIpc) is 3.80. The fourth-order valence-electron chi connectivity index (χ4n) is 14.4. The summed E-state index contributed by atoms with van der Waals surface area (Å²) in [5.41, 5.74) is 18.1. The van der Waals surface area contributed by atoms with Gasteiger partial charge in [0.1, 0.15) is 11.5 Å². The van der Waals surface area contributed by atoms with Crippen molar-refractivity contribution in [3.8, 4) is 78.3 Å². The van der Waals surface area contributed by atoms with Crippen LogP contribution < -0.4 is 9.47 Å². The summed E-state index contributed by atoms with van der Waals surface area (Å²) in [6.07, 6.45) is 6.26. The van der Waals surface area contributed by atoms with Crippen molar-refractivity contribution in [1.82, 2.24) is 0 Å². The molecule has 0 saturated carbocycles. The molecule has 81 heavy (non-hydrogen) atoms. The van der Waals surface area contributed by atoms with Gasteiger partial charge >= 0.3 is 0 Å². The lowest BCUT2D eigenvalue weighted by Crippen LogP contribution is -2.25. The lowest BCUT2D eigenvalue weighted by atomic mass is 9.70. The quantitative estimate of drug-likeness (QED) is 0.0953. The minimum absolute atomic E-state index is 0.165. The molecule has 0 amide bonds. The van der Waals surface area contributed by atoms with E-state index in [2.05, 4.69) is 258 Å². The SMILES string of the molecule is CCCOc1ccc(-c2c3ccccc3c(-c3ccc4c(c3)C(CCC)(CCC)c3cc(-c5c6ccccc6c(-c6c7ccccc7c(-c7ccc(OCCC)cc7)c7ccccc67)c6ccccc56)ccc3-4)c3ccccc23)cc1. The lowest BCUT2D eigenvalue weighted by Gasteiger charge is -2.33. The van der Waals surface area contributed by atoms with E-state index >= 15 is 0 Å². The first-order chi connectivity index (χ1) is 40.0. The van der Waals surface area contributed by atoms with Crippen LogP contribution in [-0.2, 0) is 5.41 Å². The summed E-state index contributed by atoms with van der Waals surface area (Å²) in [5.74, 6) is 1.82. The zero-order valence-corrected chi connectivity index (χ0v) is 46.9. The molecule has 394 valence electrons. The molecule has 14 rings (SSSR count). The van der Waals surface area contributed by atoms with Crippen molar-refractivity contribution in [1.29, 1.82) is 0 Å². The molecule has 13 aromatic carbocycles. The van der Waals surface area contributed by atoms with Gasteiger partial charge in [-0.2, -0.15) is 0 Å². The second kappa shape index (κ2) is 20.9. The summed E-state index contributed by atoms with van der Waals surface area (Å²) in [6.45, 7) is 10.5. The fraction of sp³-hybridized carbons (Fsp3) is 0.165. The molecule has 13 aromatic rings. The maximum atomic E-state index is 6.05. The van der Waals surface area contributed by atoms with Gasteiger partial charge in [0, 0.05) is 5.41 Å². The summed E-state index contributed by atoms with van der Waals surface area (Å²) in [4.78, 5) is 0. The molecule has 0 N–H and O–H groups in total. The van der Waals surface area contributed by atoms with Crippen LogP contribution in [0.5, 0.6) is 11.5 Å². The maximum Gasteiger partial charge on any atom is 0.119 e. The van der Waals surface area contributed by atoms with Crippen molar-refractivity contribution in [2.45, 2.75) is 71.6 Å². The van der Waals surface area contributed by atoms with Crippen LogP contribution in [0.3, 0.4) is 0 Å². The number of rotatable bonds is 15. The van der Waals surface area contributed by atoms with E-state index < -0.39 is 0 Å². The Morgan fingerprint density at radius 3 is 0.765 bits per heavy atom. The van der Waals surface area contributed by atoms with E-state index in [-0.39, 0.29) is 5.41 Å². The zero-order chi connectivity index (χ0) is 54.6. The van der Waals surface area contributed by atoms with Gasteiger partial charge in [0.2, 0.25) is 0 Å². The monoisotopic (exact) mass is 1050 g/mol. The van der Waals surface area contributed by atoms with Crippen molar-refractivity contribution >= 4 is 64.6 Å². The molecule has 0 heterocycles. The molecule has 2 nitrogen and oxygen atoms in total. The van der Waals surface area contributed by atoms with Gasteiger partial charge in [-0.1, -0.05) is 235 Å². The predicted octanol–water partition coefficient (Wildman–Crippen LogP) is 22.4. The van der Waals surface area contributed by atoms with E-state index in [1.807, 2.05) is 0 Å². The second-order valence-corrected chi connectivity index (χ2v) is 22.4. The van der Waals surface area contributed by atoms with E-state index in [9.17, 15) is 0 Å². The van der Waals surface area contributed by atoms with Crippen molar-refractivity contribution < 1.29 is 9.47 Å². The Morgan fingerprint density at radius 1 is 0.259 bits per heavy atom. The highest BCUT2D eigenvalue weighted by Gasteiger charge is 2.42. The Balaban J connectivity index is 0.948. The standard InChI is InChI=1S/C79H66O2/c1-5-45-79(46-6-2)71-49-53(75-61-23-11-9-21-59(61)73(60-22-10-12-24-62(60)75)51-33-39-55(40-34-51)80-47-7-3)37-43-57(71)58-44-38-54(50-72(58)79)76-65-27-15-19-31-69(65)78(70-32-20-16-28-66(70)76)77-67-29-17-13-25-63(67)74(64-26-14-18-30-68(64)77)52-35-41-56(42-36-52)81-48-8-4/h9-44,49-50H,5-8,45-48H2,1-4H3. The van der Waals surface area contributed by atoms with Crippen LogP contribution in [0, 0.1) is 0 Å². The third-order valence-electron chi connectivity index (χ3n) is 17.6. The van der Waals surface area contributed by atoms with Crippen LogP contribution in [0.15, 0.2) is 231 Å². The van der Waals surface area contributed by atoms with E-state index in [0.717, 1.165) is 50.0 Å². The smallest absolute Gasteiger partial charge is 0.119 e. The number of benzene rings is 13. The van der Waals surface area contributed by atoms with Crippen molar-refractivity contribution in [2.24, 2.45) is 0 Å². The molecule has 0 spiro atoms. The number of ether oxygens (including phenoxy) is 2. The molecule has 0 bridgehead atoms. The molecule has 0 fully saturated rings. The molecule has 0 unspecified atom stereocenters. The third-order valence-corrected chi connectivity index (χ3v) is 17.6. The van der Waals surface area contributed by atoms with Crippen LogP contribution in [-0.4, -0.2) is 13.2 Å².